The molecule has 0 saturated carbocycles. The summed E-state index contributed by atoms with van der Waals surface area (Å²) < 4.78 is 5.63. The van der Waals surface area contributed by atoms with Gasteiger partial charge in [-0.3, -0.25) is 10.1 Å². The molecule has 4 nitrogen and oxygen atoms in total. The van der Waals surface area contributed by atoms with Crippen molar-refractivity contribution in [2.75, 3.05) is 0 Å². The van der Waals surface area contributed by atoms with Crippen LogP contribution in [0.3, 0.4) is 0 Å². The third-order valence-electron chi connectivity index (χ3n) is 3.08. The summed E-state index contributed by atoms with van der Waals surface area (Å²) in [7, 11) is 0. The van der Waals surface area contributed by atoms with Crippen LogP contribution in [0.2, 0.25) is 5.02 Å². The molecule has 0 aliphatic carbocycles. The first-order chi connectivity index (χ1) is 10.1. The van der Waals surface area contributed by atoms with Crippen LogP contribution in [-0.4, -0.2) is 4.92 Å². The van der Waals surface area contributed by atoms with E-state index in [1.54, 1.807) is 12.1 Å². The molecule has 5 heteroatoms. The van der Waals surface area contributed by atoms with Crippen LogP contribution in [0.15, 0.2) is 60.7 Å². The highest BCUT2D eigenvalue weighted by atomic mass is 35.5. The van der Waals surface area contributed by atoms with Gasteiger partial charge >= 0.3 is 5.69 Å². The van der Waals surface area contributed by atoms with Crippen LogP contribution in [0, 0.1) is 10.1 Å². The van der Waals surface area contributed by atoms with Gasteiger partial charge in [-0.15, -0.1) is 0 Å². The van der Waals surface area contributed by atoms with Gasteiger partial charge in [0.05, 0.1) is 4.92 Å². The van der Waals surface area contributed by atoms with Gasteiger partial charge in [0.1, 0.15) is 10.8 Å². The first kappa shape index (κ1) is 13.4. The molecule has 3 rings (SSSR count). The number of halogens is 1. The van der Waals surface area contributed by atoms with Crippen molar-refractivity contribution in [3.63, 3.8) is 0 Å². The third-order valence-corrected chi connectivity index (χ3v) is 3.39. The van der Waals surface area contributed by atoms with Crippen LogP contribution in [-0.2, 0) is 0 Å². The number of rotatable bonds is 3. The Balaban J connectivity index is 2.02. The van der Waals surface area contributed by atoms with Crippen molar-refractivity contribution in [2.45, 2.75) is 0 Å². The monoisotopic (exact) mass is 299 g/mol. The Bertz CT molecular complexity index is 833. The number of hydrogen-bond acceptors (Lipinski definition) is 3. The zero-order valence-electron chi connectivity index (χ0n) is 10.8. The van der Waals surface area contributed by atoms with Gasteiger partial charge in [-0.1, -0.05) is 48.0 Å². The first-order valence-electron chi connectivity index (χ1n) is 6.25. The third kappa shape index (κ3) is 2.66. The molecule has 0 heterocycles. The van der Waals surface area contributed by atoms with Gasteiger partial charge < -0.3 is 4.74 Å². The summed E-state index contributed by atoms with van der Waals surface area (Å²) in [6.07, 6.45) is 0. The Morgan fingerprint density at radius 3 is 2.48 bits per heavy atom. The smallest absolute Gasteiger partial charge is 0.329 e. The lowest BCUT2D eigenvalue weighted by molar-refractivity contribution is -0.385. The maximum absolute atomic E-state index is 11.1. The van der Waals surface area contributed by atoms with E-state index in [1.807, 2.05) is 36.4 Å². The fourth-order valence-corrected chi connectivity index (χ4v) is 2.35. The van der Waals surface area contributed by atoms with Crippen molar-refractivity contribution in [1.29, 1.82) is 0 Å². The molecule has 0 spiro atoms. The van der Waals surface area contributed by atoms with Gasteiger partial charge in [0.25, 0.3) is 0 Å². The quantitative estimate of drug-likeness (QED) is 0.494. The van der Waals surface area contributed by atoms with Crippen LogP contribution in [0.25, 0.3) is 10.8 Å². The number of para-hydroxylation sites is 1. The Morgan fingerprint density at radius 2 is 1.71 bits per heavy atom. The minimum Gasteiger partial charge on any atom is -0.450 e. The molecule has 0 saturated heterocycles. The lowest BCUT2D eigenvalue weighted by Crippen LogP contribution is -1.94. The zero-order valence-corrected chi connectivity index (χ0v) is 11.6. The van der Waals surface area contributed by atoms with Gasteiger partial charge in [0.2, 0.25) is 5.75 Å². The average Bonchev–Trinajstić information content (AvgIpc) is 2.47. The standard InChI is InChI=1S/C16H10ClNO3/c17-14-6-3-7-15(16(14)18(19)20)21-13-9-8-11-4-1-2-5-12(11)10-13/h1-10H. The zero-order chi connectivity index (χ0) is 14.8. The number of benzene rings is 3. The molecule has 0 fully saturated rings. The molecule has 3 aromatic rings. The number of fused-ring (bicyclic) bond motifs is 1. The van der Waals surface area contributed by atoms with E-state index in [2.05, 4.69) is 0 Å². The largest absolute Gasteiger partial charge is 0.450 e. The summed E-state index contributed by atoms with van der Waals surface area (Å²) in [4.78, 5) is 10.5. The molecule has 0 aliphatic heterocycles. The van der Waals surface area contributed by atoms with Crippen molar-refractivity contribution in [3.05, 3.63) is 75.8 Å². The van der Waals surface area contributed by atoms with Crippen molar-refractivity contribution < 1.29 is 9.66 Å². The van der Waals surface area contributed by atoms with E-state index in [4.69, 9.17) is 16.3 Å². The molecule has 0 radical (unpaired) electrons. The van der Waals surface area contributed by atoms with Gasteiger partial charge in [-0.05, 0) is 35.0 Å². The van der Waals surface area contributed by atoms with Crippen LogP contribution >= 0.6 is 11.6 Å². The molecule has 3 aromatic carbocycles. The van der Waals surface area contributed by atoms with Crippen molar-refractivity contribution in [2.24, 2.45) is 0 Å². The van der Waals surface area contributed by atoms with Crippen LogP contribution in [0.4, 0.5) is 5.69 Å². The highest BCUT2D eigenvalue weighted by Crippen LogP contribution is 2.37. The normalized spacial score (nSPS) is 10.5. The van der Waals surface area contributed by atoms with Crippen molar-refractivity contribution >= 4 is 28.1 Å². The van der Waals surface area contributed by atoms with E-state index in [-0.39, 0.29) is 16.5 Å². The Morgan fingerprint density at radius 1 is 0.952 bits per heavy atom. The molecule has 0 aromatic heterocycles. The maximum Gasteiger partial charge on any atom is 0.329 e. The maximum atomic E-state index is 11.1. The summed E-state index contributed by atoms with van der Waals surface area (Å²) in [6, 6.07) is 17.9. The van der Waals surface area contributed by atoms with Crippen molar-refractivity contribution in [1.82, 2.24) is 0 Å². The molecule has 104 valence electrons. The molecular weight excluding hydrogens is 290 g/mol. The number of hydrogen-bond donors (Lipinski definition) is 0. The van der Waals surface area contributed by atoms with Gasteiger partial charge in [-0.2, -0.15) is 0 Å². The predicted octanol–water partition coefficient (Wildman–Crippen LogP) is 5.19. The van der Waals surface area contributed by atoms with Crippen molar-refractivity contribution in [3.8, 4) is 11.5 Å². The van der Waals surface area contributed by atoms with E-state index < -0.39 is 4.92 Å². The first-order valence-corrected chi connectivity index (χ1v) is 6.62. The fraction of sp³-hybridized carbons (Fsp3) is 0. The SMILES string of the molecule is O=[N+]([O-])c1c(Cl)cccc1Oc1ccc2ccccc2c1. The van der Waals surface area contributed by atoms with Crippen LogP contribution in [0.5, 0.6) is 11.5 Å². The second-order valence-corrected chi connectivity index (χ2v) is 4.86. The number of ether oxygens (including phenoxy) is 1. The summed E-state index contributed by atoms with van der Waals surface area (Å²) in [5.41, 5.74) is -0.229. The number of nitro groups is 1. The minimum absolute atomic E-state index is 0.0540. The molecule has 21 heavy (non-hydrogen) atoms. The van der Waals surface area contributed by atoms with E-state index in [0.717, 1.165) is 10.8 Å². The predicted molar refractivity (Wildman–Crippen MR) is 82.1 cm³/mol. The summed E-state index contributed by atoms with van der Waals surface area (Å²) in [6.45, 7) is 0. The summed E-state index contributed by atoms with van der Waals surface area (Å²) >= 11 is 5.86. The molecular formula is C16H10ClNO3. The highest BCUT2D eigenvalue weighted by Gasteiger charge is 2.20. The fourth-order valence-electron chi connectivity index (χ4n) is 2.11. The lowest BCUT2D eigenvalue weighted by Gasteiger charge is -2.08. The van der Waals surface area contributed by atoms with Gasteiger partial charge in [0.15, 0.2) is 0 Å². The molecule has 0 unspecified atom stereocenters. The van der Waals surface area contributed by atoms with Crippen LogP contribution in [0.1, 0.15) is 0 Å². The topological polar surface area (TPSA) is 52.4 Å². The molecule has 0 bridgehead atoms. The lowest BCUT2D eigenvalue weighted by atomic mass is 10.1. The highest BCUT2D eigenvalue weighted by molar-refractivity contribution is 6.32. The second kappa shape index (κ2) is 5.42. The number of nitro benzene ring substituents is 1. The van der Waals surface area contributed by atoms with E-state index in [0.29, 0.717) is 5.75 Å². The van der Waals surface area contributed by atoms with Gasteiger partial charge in [-0.25, -0.2) is 0 Å². The van der Waals surface area contributed by atoms with Gasteiger partial charge in [0, 0.05) is 0 Å². The van der Waals surface area contributed by atoms with E-state index in [9.17, 15) is 10.1 Å². The molecule has 0 N–H and O–H groups in total. The molecule has 0 amide bonds. The Labute approximate surface area is 125 Å². The second-order valence-electron chi connectivity index (χ2n) is 4.45. The number of nitrogens with zero attached hydrogens (tertiary/aromatic N) is 1. The Hall–Kier alpha value is -2.59. The Kier molecular flexibility index (Phi) is 3.46. The average molecular weight is 300 g/mol. The van der Waals surface area contributed by atoms with E-state index >= 15 is 0 Å². The van der Waals surface area contributed by atoms with E-state index in [1.165, 1.54) is 12.1 Å². The van der Waals surface area contributed by atoms with Crippen LogP contribution < -0.4 is 4.74 Å². The summed E-state index contributed by atoms with van der Waals surface area (Å²) in [5.74, 6) is 0.654. The molecule has 0 atom stereocenters. The molecule has 0 aliphatic rings. The summed E-state index contributed by atoms with van der Waals surface area (Å²) in [5, 5.41) is 13.2. The minimum atomic E-state index is -0.543.